The van der Waals surface area contributed by atoms with Crippen molar-refractivity contribution in [2.24, 2.45) is 5.73 Å². The van der Waals surface area contributed by atoms with Crippen molar-refractivity contribution < 1.29 is 78.9 Å². The molecule has 0 aliphatic rings. The maximum Gasteiger partial charge on any atom is 1.00 e. The minimum atomic E-state index is -1.45. The summed E-state index contributed by atoms with van der Waals surface area (Å²) in [6.07, 6.45) is 2.98. The van der Waals surface area contributed by atoms with Crippen molar-refractivity contribution in [1.29, 1.82) is 0 Å². The number of carbonyl (C=O) groups is 2. The molecule has 1 rings (SSSR count). The number of H-pyrrole nitrogens is 1. The molecule has 0 spiro atoms. The molecule has 10 heteroatoms. The number of nitrogens with zero attached hydrogens (tertiary/aromatic N) is 1. The van der Waals surface area contributed by atoms with Gasteiger partial charge in [0.2, 0.25) is 0 Å². The normalized spacial score (nSPS) is 14.3. The molecule has 0 aliphatic heterocycles. The molecule has 4 N–H and O–H groups in total. The number of aromatic amines is 1. The summed E-state index contributed by atoms with van der Waals surface area (Å²) in [4.78, 5) is 28.0. The molecule has 0 aromatic carbocycles. The molecule has 1 aromatic heterocycles. The van der Waals surface area contributed by atoms with E-state index in [0.29, 0.717) is 5.69 Å². The predicted molar refractivity (Wildman–Crippen MR) is 56.7 cm³/mol. The Hall–Kier alpha value is 0.0700. The van der Waals surface area contributed by atoms with Gasteiger partial charge in [0, 0.05) is 24.4 Å². The van der Waals surface area contributed by atoms with Gasteiger partial charge in [0.05, 0.1) is 30.3 Å². The van der Waals surface area contributed by atoms with Crippen LogP contribution in [0, 0.1) is 0 Å². The topological polar surface area (TPSA) is 147 Å². The van der Waals surface area contributed by atoms with Gasteiger partial charge in [-0.15, -0.1) is 0 Å². The molecule has 0 radical (unpaired) electrons. The Labute approximate surface area is 160 Å². The van der Waals surface area contributed by atoms with E-state index in [-0.39, 0.29) is 65.5 Å². The van der Waals surface area contributed by atoms with Crippen molar-refractivity contribution >= 4 is 11.9 Å². The van der Waals surface area contributed by atoms with Crippen LogP contribution in [-0.2, 0) is 16.0 Å². The first-order valence-corrected chi connectivity index (χ1v) is 5.32. The van der Waals surface area contributed by atoms with Crippen molar-refractivity contribution in [1.82, 2.24) is 15.3 Å². The number of aromatic nitrogens is 2. The molecule has 100 valence electrons. The van der Waals surface area contributed by atoms with Crippen molar-refractivity contribution in [2.75, 3.05) is 0 Å². The van der Waals surface area contributed by atoms with E-state index in [1.54, 1.807) is 0 Å². The van der Waals surface area contributed by atoms with Crippen molar-refractivity contribution in [2.45, 2.75) is 31.5 Å². The van der Waals surface area contributed by atoms with Crippen LogP contribution in [0.25, 0.3) is 0 Å². The molecule has 20 heavy (non-hydrogen) atoms. The molecule has 0 saturated carbocycles. The van der Waals surface area contributed by atoms with Crippen LogP contribution in [0.3, 0.4) is 0 Å². The van der Waals surface area contributed by atoms with E-state index in [1.807, 2.05) is 0 Å². The largest absolute Gasteiger partial charge is 1.00 e. The standard InChI is InChI=1S/C10H16N4O4.2Na/c1-5(8(11)10(17)18)14-7(9(15)16)2-6-3-12-4-13-6;;/h3-5,7-8,14H,2,11H2,1H3,(H,12,13)(H,15,16)(H,17,18);;/q;2*+1/p-2. The zero-order valence-corrected chi connectivity index (χ0v) is 15.8. The molecule has 8 nitrogen and oxygen atoms in total. The molecule has 0 bridgehead atoms. The number of aliphatic carboxylic acids is 2. The van der Waals surface area contributed by atoms with Gasteiger partial charge in [0.15, 0.2) is 0 Å². The number of nitrogens with one attached hydrogen (secondary N) is 2. The van der Waals surface area contributed by atoms with Crippen LogP contribution in [-0.4, -0.2) is 40.0 Å². The van der Waals surface area contributed by atoms with Crippen molar-refractivity contribution in [3.8, 4) is 0 Å². The minimum absolute atomic E-state index is 0. The van der Waals surface area contributed by atoms with Crippen LogP contribution in [0.1, 0.15) is 12.6 Å². The third-order valence-electron chi connectivity index (χ3n) is 2.54. The van der Waals surface area contributed by atoms with Gasteiger partial charge in [-0.1, -0.05) is 0 Å². The fourth-order valence-electron chi connectivity index (χ4n) is 1.45. The number of hydrogen-bond acceptors (Lipinski definition) is 7. The van der Waals surface area contributed by atoms with Crippen molar-refractivity contribution in [3.05, 3.63) is 18.2 Å². The first kappa shape index (κ1) is 22.4. The first-order chi connectivity index (χ1) is 8.41. The van der Waals surface area contributed by atoms with E-state index in [9.17, 15) is 19.8 Å². The maximum atomic E-state index is 10.9. The Balaban J connectivity index is 0. The van der Waals surface area contributed by atoms with E-state index in [2.05, 4.69) is 15.3 Å². The van der Waals surface area contributed by atoms with Crippen LogP contribution in [0.5, 0.6) is 0 Å². The van der Waals surface area contributed by atoms with E-state index < -0.39 is 30.1 Å². The number of hydrogen-bond donors (Lipinski definition) is 3. The Morgan fingerprint density at radius 3 is 2.40 bits per heavy atom. The number of carboxylic acids is 2. The van der Waals surface area contributed by atoms with E-state index in [4.69, 9.17) is 5.73 Å². The molecular weight excluding hydrogens is 286 g/mol. The number of rotatable bonds is 7. The molecule has 1 aromatic rings. The Kier molecular flexibility index (Phi) is 12.0. The molecule has 1 heterocycles. The fourth-order valence-corrected chi connectivity index (χ4v) is 1.45. The third kappa shape index (κ3) is 7.19. The molecular formula is C10H14N4Na2O4. The quantitative estimate of drug-likeness (QED) is 0.423. The third-order valence-corrected chi connectivity index (χ3v) is 2.54. The average molecular weight is 300 g/mol. The zero-order chi connectivity index (χ0) is 13.7. The molecule has 0 saturated heterocycles. The Morgan fingerprint density at radius 1 is 1.40 bits per heavy atom. The average Bonchev–Trinajstić information content (AvgIpc) is 2.79. The SMILES string of the molecule is CC(NC(Cc1cnc[nH]1)C(=O)[O-])C(N)C(=O)[O-].[Na+].[Na+]. The second kappa shape index (κ2) is 10.7. The van der Waals surface area contributed by atoms with Gasteiger partial charge in [0.1, 0.15) is 0 Å². The first-order valence-electron chi connectivity index (χ1n) is 5.32. The summed E-state index contributed by atoms with van der Waals surface area (Å²) in [7, 11) is 0. The van der Waals surface area contributed by atoms with Gasteiger partial charge in [-0.25, -0.2) is 4.98 Å². The van der Waals surface area contributed by atoms with Crippen molar-refractivity contribution in [3.63, 3.8) is 0 Å². The molecule has 0 aliphatic carbocycles. The van der Waals surface area contributed by atoms with Gasteiger partial charge in [0.25, 0.3) is 0 Å². The monoisotopic (exact) mass is 300 g/mol. The minimum Gasteiger partial charge on any atom is -0.548 e. The van der Waals surface area contributed by atoms with Gasteiger partial charge in [-0.05, 0) is 6.92 Å². The summed E-state index contributed by atoms with van der Waals surface area (Å²) in [5.41, 5.74) is 5.91. The molecule has 3 unspecified atom stereocenters. The van der Waals surface area contributed by atoms with Gasteiger partial charge < -0.3 is 35.8 Å². The summed E-state index contributed by atoms with van der Waals surface area (Å²) in [5, 5.41) is 24.1. The van der Waals surface area contributed by atoms with Gasteiger partial charge >= 0.3 is 59.1 Å². The second-order valence-corrected chi connectivity index (χ2v) is 3.95. The fraction of sp³-hybridized carbons (Fsp3) is 0.500. The number of carboxylic acid groups (broad SMARTS) is 2. The van der Waals surface area contributed by atoms with Gasteiger partial charge in [-0.2, -0.15) is 0 Å². The Bertz CT molecular complexity index is 415. The predicted octanol–water partition coefficient (Wildman–Crippen LogP) is -9.87. The summed E-state index contributed by atoms with van der Waals surface area (Å²) in [6.45, 7) is 1.46. The van der Waals surface area contributed by atoms with Crippen LogP contribution in [0.2, 0.25) is 0 Å². The summed E-state index contributed by atoms with van der Waals surface area (Å²) >= 11 is 0. The summed E-state index contributed by atoms with van der Waals surface area (Å²) in [5.74, 6) is -2.80. The van der Waals surface area contributed by atoms with Crippen LogP contribution < -0.4 is 80.4 Å². The molecule has 0 fully saturated rings. The van der Waals surface area contributed by atoms with Crippen LogP contribution >= 0.6 is 0 Å². The summed E-state index contributed by atoms with van der Waals surface area (Å²) < 4.78 is 0. The zero-order valence-electron chi connectivity index (χ0n) is 11.8. The van der Waals surface area contributed by atoms with Gasteiger partial charge in [-0.3, -0.25) is 0 Å². The maximum absolute atomic E-state index is 10.9. The van der Waals surface area contributed by atoms with E-state index >= 15 is 0 Å². The summed E-state index contributed by atoms with van der Waals surface area (Å²) in [6, 6.07) is -3.12. The number of carbonyl (C=O) groups excluding carboxylic acids is 2. The second-order valence-electron chi connectivity index (χ2n) is 3.95. The smallest absolute Gasteiger partial charge is 0.548 e. The molecule has 3 atom stereocenters. The number of imidazole rings is 1. The van der Waals surface area contributed by atoms with Crippen LogP contribution in [0.15, 0.2) is 12.5 Å². The van der Waals surface area contributed by atoms with E-state index in [1.165, 1.54) is 19.4 Å². The Morgan fingerprint density at radius 2 is 2.00 bits per heavy atom. The number of nitrogens with two attached hydrogens (primary N) is 1. The van der Waals surface area contributed by atoms with Crippen LogP contribution in [0.4, 0.5) is 0 Å². The van der Waals surface area contributed by atoms with E-state index in [0.717, 1.165) is 0 Å². The molecule has 0 amide bonds.